The summed E-state index contributed by atoms with van der Waals surface area (Å²) in [5, 5.41) is 7.88. The first kappa shape index (κ1) is 11.3. The molecule has 1 N–H and O–H groups in total. The number of rotatable bonds is 4. The summed E-state index contributed by atoms with van der Waals surface area (Å²) in [7, 11) is 0. The van der Waals surface area contributed by atoms with Crippen molar-refractivity contribution in [3.8, 4) is 0 Å². The predicted molar refractivity (Wildman–Crippen MR) is 68.5 cm³/mol. The molecule has 0 aliphatic carbocycles. The monoisotopic (exact) mass is 232 g/mol. The average Bonchev–Trinajstić information content (AvgIpc) is 2.83. The van der Waals surface area contributed by atoms with Crippen LogP contribution in [0.2, 0.25) is 0 Å². The van der Waals surface area contributed by atoms with E-state index in [1.165, 1.54) is 11.1 Å². The van der Waals surface area contributed by atoms with Crippen molar-refractivity contribution >= 4 is 11.3 Å². The quantitative estimate of drug-likeness (QED) is 0.872. The molecule has 0 aromatic carbocycles. The van der Waals surface area contributed by atoms with Gasteiger partial charge in [-0.05, 0) is 53.9 Å². The number of nitrogens with one attached hydrogen (secondary N) is 1. The summed E-state index contributed by atoms with van der Waals surface area (Å²) in [6.07, 6.45) is 3.67. The summed E-state index contributed by atoms with van der Waals surface area (Å²) >= 11 is 1.74. The van der Waals surface area contributed by atoms with Crippen molar-refractivity contribution < 1.29 is 0 Å². The van der Waals surface area contributed by atoms with E-state index in [4.69, 9.17) is 0 Å². The molecule has 0 aliphatic rings. The van der Waals surface area contributed by atoms with Crippen LogP contribution in [0.15, 0.2) is 41.4 Å². The van der Waals surface area contributed by atoms with Crippen molar-refractivity contribution in [2.45, 2.75) is 25.9 Å². The third-order valence-electron chi connectivity index (χ3n) is 2.75. The SMILES string of the molecule is CC(NC(C)c1ccsc1)c1ccncc1. The summed E-state index contributed by atoms with van der Waals surface area (Å²) in [6.45, 7) is 4.37. The summed E-state index contributed by atoms with van der Waals surface area (Å²) in [5.41, 5.74) is 2.63. The molecule has 2 aromatic heterocycles. The number of nitrogens with zero attached hydrogens (tertiary/aromatic N) is 1. The first-order valence-electron chi connectivity index (χ1n) is 5.45. The zero-order valence-electron chi connectivity index (χ0n) is 9.55. The van der Waals surface area contributed by atoms with Crippen LogP contribution in [0.4, 0.5) is 0 Å². The summed E-state index contributed by atoms with van der Waals surface area (Å²) in [4.78, 5) is 4.03. The van der Waals surface area contributed by atoms with Gasteiger partial charge in [0, 0.05) is 24.5 Å². The van der Waals surface area contributed by atoms with Gasteiger partial charge in [0.25, 0.3) is 0 Å². The molecule has 84 valence electrons. The summed E-state index contributed by atoms with van der Waals surface area (Å²) in [6, 6.07) is 7.00. The highest BCUT2D eigenvalue weighted by Gasteiger charge is 2.10. The van der Waals surface area contributed by atoms with Crippen LogP contribution in [0.5, 0.6) is 0 Å². The molecule has 0 radical (unpaired) electrons. The van der Waals surface area contributed by atoms with Crippen molar-refractivity contribution in [1.29, 1.82) is 0 Å². The molecule has 0 spiro atoms. The van der Waals surface area contributed by atoms with Gasteiger partial charge in [0.2, 0.25) is 0 Å². The van der Waals surface area contributed by atoms with E-state index >= 15 is 0 Å². The molecule has 0 saturated heterocycles. The smallest absolute Gasteiger partial charge is 0.0305 e. The van der Waals surface area contributed by atoms with Crippen LogP contribution in [0.3, 0.4) is 0 Å². The summed E-state index contributed by atoms with van der Waals surface area (Å²) < 4.78 is 0. The number of hydrogen-bond acceptors (Lipinski definition) is 3. The molecule has 0 fully saturated rings. The maximum absolute atomic E-state index is 4.03. The fraction of sp³-hybridized carbons (Fsp3) is 0.308. The minimum absolute atomic E-state index is 0.345. The van der Waals surface area contributed by atoms with Gasteiger partial charge in [0.05, 0.1) is 0 Å². The van der Waals surface area contributed by atoms with E-state index in [0.717, 1.165) is 0 Å². The van der Waals surface area contributed by atoms with Gasteiger partial charge >= 0.3 is 0 Å². The number of hydrogen-bond donors (Lipinski definition) is 1. The first-order chi connectivity index (χ1) is 7.77. The molecule has 2 nitrogen and oxygen atoms in total. The Morgan fingerprint density at radius 2 is 1.75 bits per heavy atom. The lowest BCUT2D eigenvalue weighted by molar-refractivity contribution is 0.495. The molecule has 2 unspecified atom stereocenters. The van der Waals surface area contributed by atoms with Gasteiger partial charge in [-0.2, -0.15) is 11.3 Å². The lowest BCUT2D eigenvalue weighted by Gasteiger charge is -2.19. The number of aromatic nitrogens is 1. The second kappa shape index (κ2) is 5.23. The molecule has 3 heteroatoms. The molecular weight excluding hydrogens is 216 g/mol. The van der Waals surface area contributed by atoms with Crippen LogP contribution in [-0.4, -0.2) is 4.98 Å². The van der Waals surface area contributed by atoms with Gasteiger partial charge in [-0.1, -0.05) is 0 Å². The van der Waals surface area contributed by atoms with E-state index < -0.39 is 0 Å². The Morgan fingerprint density at radius 1 is 1.06 bits per heavy atom. The lowest BCUT2D eigenvalue weighted by Crippen LogP contribution is -2.22. The van der Waals surface area contributed by atoms with E-state index in [0.29, 0.717) is 12.1 Å². The zero-order valence-corrected chi connectivity index (χ0v) is 10.4. The average molecular weight is 232 g/mol. The Kier molecular flexibility index (Phi) is 3.70. The zero-order chi connectivity index (χ0) is 11.4. The van der Waals surface area contributed by atoms with E-state index in [2.05, 4.69) is 53.1 Å². The van der Waals surface area contributed by atoms with Crippen LogP contribution < -0.4 is 5.32 Å². The maximum atomic E-state index is 4.03. The van der Waals surface area contributed by atoms with Crippen molar-refractivity contribution in [2.75, 3.05) is 0 Å². The third kappa shape index (κ3) is 2.68. The third-order valence-corrected chi connectivity index (χ3v) is 3.45. The Balaban J connectivity index is 2.00. The molecule has 2 rings (SSSR count). The van der Waals surface area contributed by atoms with Gasteiger partial charge in [0.15, 0.2) is 0 Å². The minimum Gasteiger partial charge on any atom is -0.304 e. The van der Waals surface area contributed by atoms with E-state index in [1.54, 1.807) is 11.3 Å². The van der Waals surface area contributed by atoms with Crippen LogP contribution in [0.1, 0.15) is 37.1 Å². The second-order valence-electron chi connectivity index (χ2n) is 3.95. The van der Waals surface area contributed by atoms with Gasteiger partial charge in [-0.25, -0.2) is 0 Å². The molecule has 2 atom stereocenters. The second-order valence-corrected chi connectivity index (χ2v) is 4.73. The molecule has 2 aromatic rings. The molecule has 0 amide bonds. The molecule has 16 heavy (non-hydrogen) atoms. The van der Waals surface area contributed by atoms with Gasteiger partial charge < -0.3 is 5.32 Å². The van der Waals surface area contributed by atoms with Gasteiger partial charge in [0.1, 0.15) is 0 Å². The molecule has 2 heterocycles. The highest BCUT2D eigenvalue weighted by atomic mass is 32.1. The van der Waals surface area contributed by atoms with E-state index in [1.807, 2.05) is 12.4 Å². The number of pyridine rings is 1. The normalized spacial score (nSPS) is 14.6. The van der Waals surface area contributed by atoms with E-state index in [9.17, 15) is 0 Å². The van der Waals surface area contributed by atoms with Crippen LogP contribution in [0.25, 0.3) is 0 Å². The Morgan fingerprint density at radius 3 is 2.38 bits per heavy atom. The highest BCUT2D eigenvalue weighted by molar-refractivity contribution is 7.07. The van der Waals surface area contributed by atoms with Crippen molar-refractivity contribution in [1.82, 2.24) is 10.3 Å². The molecular formula is C13H16N2S. The first-order valence-corrected chi connectivity index (χ1v) is 6.39. The molecule has 0 saturated carbocycles. The topological polar surface area (TPSA) is 24.9 Å². The highest BCUT2D eigenvalue weighted by Crippen LogP contribution is 2.20. The van der Waals surface area contributed by atoms with Crippen LogP contribution >= 0.6 is 11.3 Å². The van der Waals surface area contributed by atoms with Crippen molar-refractivity contribution in [3.05, 3.63) is 52.5 Å². The maximum Gasteiger partial charge on any atom is 0.0305 e. The molecule has 0 aliphatic heterocycles. The number of thiophene rings is 1. The predicted octanol–water partition coefficient (Wildman–Crippen LogP) is 3.55. The minimum atomic E-state index is 0.345. The fourth-order valence-electron chi connectivity index (χ4n) is 1.74. The Bertz CT molecular complexity index is 411. The van der Waals surface area contributed by atoms with Crippen LogP contribution in [-0.2, 0) is 0 Å². The Hall–Kier alpha value is -1.19. The standard InChI is InChI=1S/C13H16N2S/c1-10(12-3-6-14-7-4-12)15-11(2)13-5-8-16-9-13/h3-11,15H,1-2H3. The van der Waals surface area contributed by atoms with Gasteiger partial charge in [-0.15, -0.1) is 0 Å². The Labute approximate surface area is 100 Å². The van der Waals surface area contributed by atoms with Crippen molar-refractivity contribution in [2.24, 2.45) is 0 Å². The van der Waals surface area contributed by atoms with Gasteiger partial charge in [-0.3, -0.25) is 4.98 Å². The fourth-order valence-corrected chi connectivity index (χ4v) is 2.50. The molecule has 0 bridgehead atoms. The van der Waals surface area contributed by atoms with E-state index in [-0.39, 0.29) is 0 Å². The summed E-state index contributed by atoms with van der Waals surface area (Å²) in [5.74, 6) is 0. The van der Waals surface area contributed by atoms with Crippen molar-refractivity contribution in [3.63, 3.8) is 0 Å². The van der Waals surface area contributed by atoms with Crippen LogP contribution in [0, 0.1) is 0 Å². The lowest BCUT2D eigenvalue weighted by atomic mass is 10.1. The largest absolute Gasteiger partial charge is 0.304 e.